The van der Waals surface area contributed by atoms with Crippen LogP contribution in [0, 0.1) is 0 Å². The average molecular weight is 332 g/mol. The molecule has 0 spiro atoms. The van der Waals surface area contributed by atoms with E-state index in [1.807, 2.05) is 25.1 Å². The molecule has 2 N–H and O–H groups in total. The van der Waals surface area contributed by atoms with Gasteiger partial charge in [-0.05, 0) is 37.1 Å². The van der Waals surface area contributed by atoms with E-state index < -0.39 is 10.0 Å². The van der Waals surface area contributed by atoms with Crippen molar-refractivity contribution in [1.29, 1.82) is 0 Å². The van der Waals surface area contributed by atoms with Crippen LogP contribution in [0.15, 0.2) is 18.2 Å². The minimum absolute atomic E-state index is 0.0551. The van der Waals surface area contributed by atoms with Gasteiger partial charge in [0, 0.05) is 42.9 Å². The zero-order chi connectivity index (χ0) is 15.6. The molecule has 1 heterocycles. The first-order chi connectivity index (χ1) is 9.77. The first kappa shape index (κ1) is 16.5. The Hall–Kier alpha value is -0.820. The number of rotatable bonds is 4. The summed E-state index contributed by atoms with van der Waals surface area (Å²) in [5.74, 6) is 0. The highest BCUT2D eigenvalue weighted by molar-refractivity contribution is 7.88. The van der Waals surface area contributed by atoms with Gasteiger partial charge < -0.3 is 10.6 Å². The standard InChI is InChI=1S/C14H22ClN3O2S/c1-11(16)9-12-10-13(15)3-4-14(12)17-5-7-18(8-6-17)21(2,19)20/h3-4,10-11H,5-9,16H2,1-2H3. The summed E-state index contributed by atoms with van der Waals surface area (Å²) in [7, 11) is -3.10. The summed E-state index contributed by atoms with van der Waals surface area (Å²) in [4.78, 5) is 2.20. The molecule has 1 aromatic carbocycles. The quantitative estimate of drug-likeness (QED) is 0.903. The Kier molecular flexibility index (Phi) is 5.14. The molecule has 5 nitrogen and oxygen atoms in total. The highest BCUT2D eigenvalue weighted by Gasteiger charge is 2.24. The molecule has 21 heavy (non-hydrogen) atoms. The van der Waals surface area contributed by atoms with Gasteiger partial charge in [-0.1, -0.05) is 11.6 Å². The Labute approximate surface area is 131 Å². The van der Waals surface area contributed by atoms with Crippen LogP contribution in [-0.4, -0.2) is 51.2 Å². The summed E-state index contributed by atoms with van der Waals surface area (Å²) in [6.07, 6.45) is 2.01. The molecule has 0 amide bonds. The van der Waals surface area contributed by atoms with Gasteiger partial charge in [-0.25, -0.2) is 8.42 Å². The van der Waals surface area contributed by atoms with Crippen molar-refractivity contribution in [3.63, 3.8) is 0 Å². The van der Waals surface area contributed by atoms with Crippen LogP contribution in [0.2, 0.25) is 5.02 Å². The van der Waals surface area contributed by atoms with Gasteiger partial charge in [0.15, 0.2) is 0 Å². The fraction of sp³-hybridized carbons (Fsp3) is 0.571. The molecule has 2 rings (SSSR count). The molecule has 7 heteroatoms. The van der Waals surface area contributed by atoms with Crippen LogP contribution in [0.25, 0.3) is 0 Å². The molecule has 1 aliphatic rings. The van der Waals surface area contributed by atoms with Gasteiger partial charge in [-0.2, -0.15) is 4.31 Å². The van der Waals surface area contributed by atoms with E-state index in [1.165, 1.54) is 10.6 Å². The molecular formula is C14H22ClN3O2S. The SMILES string of the molecule is CC(N)Cc1cc(Cl)ccc1N1CCN(S(C)(=O)=O)CC1. The lowest BCUT2D eigenvalue weighted by Crippen LogP contribution is -2.48. The third-order valence-corrected chi connectivity index (χ3v) is 5.17. The Bertz CT molecular complexity index is 596. The van der Waals surface area contributed by atoms with Gasteiger partial charge in [-0.15, -0.1) is 0 Å². The van der Waals surface area contributed by atoms with Gasteiger partial charge in [0.2, 0.25) is 10.0 Å². The molecule has 0 bridgehead atoms. The largest absolute Gasteiger partial charge is 0.369 e. The highest BCUT2D eigenvalue weighted by atomic mass is 35.5. The van der Waals surface area contributed by atoms with Crippen LogP contribution in [-0.2, 0) is 16.4 Å². The molecular weight excluding hydrogens is 310 g/mol. The highest BCUT2D eigenvalue weighted by Crippen LogP contribution is 2.26. The number of halogens is 1. The topological polar surface area (TPSA) is 66.6 Å². The molecule has 118 valence electrons. The fourth-order valence-corrected chi connectivity index (χ4v) is 3.65. The van der Waals surface area contributed by atoms with E-state index in [-0.39, 0.29) is 6.04 Å². The molecule has 1 fully saturated rings. The summed E-state index contributed by atoms with van der Waals surface area (Å²) in [6, 6.07) is 5.86. The maximum atomic E-state index is 11.6. The van der Waals surface area contributed by atoms with Crippen molar-refractivity contribution in [2.45, 2.75) is 19.4 Å². The number of anilines is 1. The summed E-state index contributed by atoms with van der Waals surface area (Å²) in [5, 5.41) is 0.698. The Morgan fingerprint density at radius 3 is 2.43 bits per heavy atom. The number of nitrogens with zero attached hydrogens (tertiary/aromatic N) is 2. The maximum Gasteiger partial charge on any atom is 0.211 e. The van der Waals surface area contributed by atoms with E-state index >= 15 is 0 Å². The second-order valence-electron chi connectivity index (χ2n) is 5.60. The lowest BCUT2D eigenvalue weighted by Gasteiger charge is -2.36. The van der Waals surface area contributed by atoms with E-state index in [2.05, 4.69) is 4.90 Å². The summed E-state index contributed by atoms with van der Waals surface area (Å²) in [5.41, 5.74) is 8.12. The van der Waals surface area contributed by atoms with E-state index in [4.69, 9.17) is 17.3 Å². The molecule has 1 atom stereocenters. The van der Waals surface area contributed by atoms with E-state index in [0.29, 0.717) is 31.2 Å². The lowest BCUT2D eigenvalue weighted by molar-refractivity contribution is 0.387. The van der Waals surface area contributed by atoms with Crippen LogP contribution < -0.4 is 10.6 Å². The Morgan fingerprint density at radius 2 is 1.90 bits per heavy atom. The summed E-state index contributed by atoms with van der Waals surface area (Å²) in [6.45, 7) is 4.35. The Balaban J connectivity index is 2.16. The smallest absolute Gasteiger partial charge is 0.211 e. The lowest BCUT2D eigenvalue weighted by atomic mass is 10.0. The molecule has 0 aromatic heterocycles. The van der Waals surface area contributed by atoms with Crippen LogP contribution in [0.4, 0.5) is 5.69 Å². The second-order valence-corrected chi connectivity index (χ2v) is 8.02. The van der Waals surface area contributed by atoms with E-state index in [0.717, 1.165) is 17.7 Å². The molecule has 0 aliphatic carbocycles. The van der Waals surface area contributed by atoms with Gasteiger partial charge in [0.25, 0.3) is 0 Å². The Morgan fingerprint density at radius 1 is 1.29 bits per heavy atom. The fourth-order valence-electron chi connectivity index (χ4n) is 2.63. The predicted octanol–water partition coefficient (Wildman–Crippen LogP) is 1.31. The molecule has 1 saturated heterocycles. The van der Waals surface area contributed by atoms with Crippen LogP contribution in [0.3, 0.4) is 0 Å². The number of nitrogens with two attached hydrogens (primary N) is 1. The first-order valence-corrected chi connectivity index (χ1v) is 9.24. The zero-order valence-corrected chi connectivity index (χ0v) is 14.0. The maximum absolute atomic E-state index is 11.6. The summed E-state index contributed by atoms with van der Waals surface area (Å²) < 4.78 is 24.6. The third-order valence-electron chi connectivity index (χ3n) is 3.63. The van der Waals surface area contributed by atoms with Gasteiger partial charge in [-0.3, -0.25) is 0 Å². The molecule has 0 saturated carbocycles. The van der Waals surface area contributed by atoms with Gasteiger partial charge in [0.1, 0.15) is 0 Å². The first-order valence-electron chi connectivity index (χ1n) is 7.01. The molecule has 1 aromatic rings. The molecule has 1 aliphatic heterocycles. The summed E-state index contributed by atoms with van der Waals surface area (Å²) >= 11 is 6.08. The van der Waals surface area contributed by atoms with E-state index in [1.54, 1.807) is 0 Å². The van der Waals surface area contributed by atoms with Crippen molar-refractivity contribution < 1.29 is 8.42 Å². The third kappa shape index (κ3) is 4.32. The average Bonchev–Trinajstić information content (AvgIpc) is 2.37. The van der Waals surface area contributed by atoms with Crippen molar-refractivity contribution in [2.24, 2.45) is 5.73 Å². The number of hydrogen-bond acceptors (Lipinski definition) is 4. The van der Waals surface area contributed by atoms with Crippen molar-refractivity contribution >= 4 is 27.3 Å². The van der Waals surface area contributed by atoms with Crippen molar-refractivity contribution in [2.75, 3.05) is 37.3 Å². The zero-order valence-electron chi connectivity index (χ0n) is 12.4. The van der Waals surface area contributed by atoms with Gasteiger partial charge >= 0.3 is 0 Å². The predicted molar refractivity (Wildman–Crippen MR) is 87.4 cm³/mol. The monoisotopic (exact) mass is 331 g/mol. The second kappa shape index (κ2) is 6.52. The number of sulfonamides is 1. The van der Waals surface area contributed by atoms with Crippen LogP contribution in [0.1, 0.15) is 12.5 Å². The minimum atomic E-state index is -3.10. The van der Waals surface area contributed by atoms with Crippen molar-refractivity contribution in [1.82, 2.24) is 4.31 Å². The van der Waals surface area contributed by atoms with E-state index in [9.17, 15) is 8.42 Å². The number of piperazine rings is 1. The minimum Gasteiger partial charge on any atom is -0.369 e. The van der Waals surface area contributed by atoms with Crippen LogP contribution in [0.5, 0.6) is 0 Å². The number of benzene rings is 1. The number of hydrogen-bond donors (Lipinski definition) is 1. The van der Waals surface area contributed by atoms with Crippen molar-refractivity contribution in [3.05, 3.63) is 28.8 Å². The van der Waals surface area contributed by atoms with Crippen molar-refractivity contribution in [3.8, 4) is 0 Å². The van der Waals surface area contributed by atoms with Crippen LogP contribution >= 0.6 is 11.6 Å². The normalized spacial score (nSPS) is 18.8. The van der Waals surface area contributed by atoms with Gasteiger partial charge in [0.05, 0.1) is 6.26 Å². The molecule has 0 radical (unpaired) electrons. The molecule has 1 unspecified atom stereocenters.